The van der Waals surface area contributed by atoms with Crippen molar-refractivity contribution in [2.45, 2.75) is 39.5 Å². The summed E-state index contributed by atoms with van der Waals surface area (Å²) in [6, 6.07) is 1.42. The monoisotopic (exact) mass is 234 g/mol. The molecule has 1 aliphatic carbocycles. The fourth-order valence-corrected chi connectivity index (χ4v) is 2.63. The Labute approximate surface area is 101 Å². The molecule has 0 fully saturated rings. The Hall–Kier alpha value is -1.51. The molecule has 0 aromatic heterocycles. The molecule has 2 N–H and O–H groups in total. The lowest BCUT2D eigenvalue weighted by Crippen LogP contribution is -2.13. The molecule has 0 heterocycles. The van der Waals surface area contributed by atoms with E-state index in [0.29, 0.717) is 5.92 Å². The van der Waals surface area contributed by atoms with Crippen LogP contribution in [0.1, 0.15) is 36.5 Å². The van der Waals surface area contributed by atoms with E-state index in [0.717, 1.165) is 42.4 Å². The van der Waals surface area contributed by atoms with Gasteiger partial charge in [-0.1, -0.05) is 13.3 Å². The van der Waals surface area contributed by atoms with Crippen LogP contribution in [0.5, 0.6) is 11.5 Å². The van der Waals surface area contributed by atoms with Crippen molar-refractivity contribution in [3.05, 3.63) is 33.0 Å². The van der Waals surface area contributed by atoms with Crippen LogP contribution in [0.4, 0.5) is 0 Å². The van der Waals surface area contributed by atoms with Crippen LogP contribution < -0.4 is 5.43 Å². The van der Waals surface area contributed by atoms with E-state index in [2.05, 4.69) is 6.92 Å². The maximum absolute atomic E-state index is 11.6. The highest BCUT2D eigenvalue weighted by Crippen LogP contribution is 2.36. The second-order valence-corrected chi connectivity index (χ2v) is 4.86. The van der Waals surface area contributed by atoms with Crippen LogP contribution in [-0.4, -0.2) is 10.2 Å². The molecule has 1 aromatic rings. The van der Waals surface area contributed by atoms with E-state index in [1.165, 1.54) is 6.07 Å². The Balaban J connectivity index is 2.68. The molecule has 0 saturated carbocycles. The van der Waals surface area contributed by atoms with Gasteiger partial charge in [-0.15, -0.1) is 0 Å². The molecule has 1 aromatic carbocycles. The van der Waals surface area contributed by atoms with Crippen LogP contribution in [0.3, 0.4) is 0 Å². The van der Waals surface area contributed by atoms with Crippen LogP contribution in [0.15, 0.2) is 10.9 Å². The molecule has 0 radical (unpaired) electrons. The van der Waals surface area contributed by atoms with Gasteiger partial charge < -0.3 is 10.2 Å². The molecule has 0 amide bonds. The molecule has 1 unspecified atom stereocenters. The highest BCUT2D eigenvalue weighted by molar-refractivity contribution is 5.50. The number of fused-ring (bicyclic) bond motifs is 1. The average molecular weight is 234 g/mol. The average Bonchev–Trinajstić information content (AvgIpc) is 2.42. The number of hydrogen-bond acceptors (Lipinski definition) is 3. The van der Waals surface area contributed by atoms with Crippen molar-refractivity contribution < 1.29 is 10.2 Å². The van der Waals surface area contributed by atoms with Gasteiger partial charge in [-0.2, -0.15) is 0 Å². The fourth-order valence-electron chi connectivity index (χ4n) is 2.63. The smallest absolute Gasteiger partial charge is 0.224 e. The third-order valence-electron chi connectivity index (χ3n) is 3.80. The van der Waals surface area contributed by atoms with Crippen molar-refractivity contribution in [3.63, 3.8) is 0 Å². The zero-order valence-corrected chi connectivity index (χ0v) is 10.3. The second kappa shape index (κ2) is 4.40. The van der Waals surface area contributed by atoms with Gasteiger partial charge in [0.05, 0.1) is 0 Å². The quantitative estimate of drug-likeness (QED) is 0.783. The van der Waals surface area contributed by atoms with Crippen molar-refractivity contribution in [1.82, 2.24) is 0 Å². The van der Waals surface area contributed by atoms with E-state index in [1.54, 1.807) is 0 Å². The Morgan fingerprint density at radius 2 is 2.00 bits per heavy atom. The summed E-state index contributed by atoms with van der Waals surface area (Å²) in [6.45, 7) is 4.03. The van der Waals surface area contributed by atoms with Crippen molar-refractivity contribution in [3.8, 4) is 11.5 Å². The van der Waals surface area contributed by atoms with Crippen molar-refractivity contribution in [2.75, 3.05) is 0 Å². The zero-order valence-electron chi connectivity index (χ0n) is 10.3. The molecule has 17 heavy (non-hydrogen) atoms. The molecule has 0 aliphatic heterocycles. The maximum atomic E-state index is 11.6. The summed E-state index contributed by atoms with van der Waals surface area (Å²) < 4.78 is 0. The normalized spacial score (nSPS) is 18.8. The minimum absolute atomic E-state index is 0.215. The largest absolute Gasteiger partial charge is 0.504 e. The molecular formula is C14H18O3. The summed E-state index contributed by atoms with van der Waals surface area (Å²) in [5.41, 5.74) is 2.17. The van der Waals surface area contributed by atoms with E-state index in [9.17, 15) is 15.0 Å². The molecule has 1 aliphatic rings. The van der Waals surface area contributed by atoms with Crippen molar-refractivity contribution in [2.24, 2.45) is 5.92 Å². The summed E-state index contributed by atoms with van der Waals surface area (Å²) >= 11 is 0. The zero-order chi connectivity index (χ0) is 12.6. The summed E-state index contributed by atoms with van der Waals surface area (Å²) in [4.78, 5) is 11.6. The fraction of sp³-hybridized carbons (Fsp3) is 0.500. The van der Waals surface area contributed by atoms with E-state index in [4.69, 9.17) is 0 Å². The molecule has 0 saturated heterocycles. The van der Waals surface area contributed by atoms with E-state index >= 15 is 0 Å². The number of hydrogen-bond donors (Lipinski definition) is 2. The van der Waals surface area contributed by atoms with Gasteiger partial charge in [-0.25, -0.2) is 0 Å². The first-order chi connectivity index (χ1) is 8.04. The van der Waals surface area contributed by atoms with Crippen molar-refractivity contribution >= 4 is 0 Å². The Morgan fingerprint density at radius 1 is 1.29 bits per heavy atom. The Kier molecular flexibility index (Phi) is 3.09. The van der Waals surface area contributed by atoms with Crippen LogP contribution in [-0.2, 0) is 12.8 Å². The minimum Gasteiger partial charge on any atom is -0.504 e. The first-order valence-corrected chi connectivity index (χ1v) is 6.12. The van der Waals surface area contributed by atoms with E-state index < -0.39 is 11.2 Å². The van der Waals surface area contributed by atoms with Gasteiger partial charge in [-0.05, 0) is 49.3 Å². The molecule has 3 heteroatoms. The van der Waals surface area contributed by atoms with Crippen LogP contribution in [0.25, 0.3) is 0 Å². The standard InChI is InChI=1S/C14H18O3/c1-3-9-4-5-10-11(7-9)8(2)6-12(15)14(17)13(10)16/h6,9H,3-5,7H2,1-2H3,(H2,15,16,17). The van der Waals surface area contributed by atoms with Gasteiger partial charge in [0.1, 0.15) is 0 Å². The third kappa shape index (κ3) is 2.02. The van der Waals surface area contributed by atoms with Gasteiger partial charge in [0.25, 0.3) is 0 Å². The number of aromatic hydroxyl groups is 2. The Morgan fingerprint density at radius 3 is 2.65 bits per heavy atom. The molecule has 92 valence electrons. The lowest BCUT2D eigenvalue weighted by atomic mass is 9.82. The van der Waals surface area contributed by atoms with Gasteiger partial charge in [-0.3, -0.25) is 4.79 Å². The first-order valence-electron chi connectivity index (χ1n) is 6.12. The van der Waals surface area contributed by atoms with Gasteiger partial charge in [0.2, 0.25) is 11.2 Å². The van der Waals surface area contributed by atoms with Gasteiger partial charge >= 0.3 is 0 Å². The first kappa shape index (κ1) is 12.0. The predicted molar refractivity (Wildman–Crippen MR) is 66.6 cm³/mol. The molecule has 1 atom stereocenters. The predicted octanol–water partition coefficient (Wildman–Crippen LogP) is 2.28. The molecule has 3 nitrogen and oxygen atoms in total. The molecule has 2 rings (SSSR count). The van der Waals surface area contributed by atoms with Crippen molar-refractivity contribution in [1.29, 1.82) is 0 Å². The Bertz CT molecular complexity index is 506. The minimum atomic E-state index is -0.510. The van der Waals surface area contributed by atoms with Crippen LogP contribution in [0.2, 0.25) is 0 Å². The maximum Gasteiger partial charge on any atom is 0.224 e. The second-order valence-electron chi connectivity index (χ2n) is 4.86. The lowest BCUT2D eigenvalue weighted by molar-refractivity contribution is 0.386. The molecule has 0 spiro atoms. The van der Waals surface area contributed by atoms with Crippen LogP contribution >= 0.6 is 0 Å². The number of aryl methyl sites for hydroxylation is 1. The lowest BCUT2D eigenvalue weighted by Gasteiger charge is -2.24. The van der Waals surface area contributed by atoms with Crippen LogP contribution in [0, 0.1) is 12.8 Å². The third-order valence-corrected chi connectivity index (χ3v) is 3.80. The summed E-state index contributed by atoms with van der Waals surface area (Å²) in [5.74, 6) is -0.114. The summed E-state index contributed by atoms with van der Waals surface area (Å²) in [6.07, 6.45) is 3.74. The summed E-state index contributed by atoms with van der Waals surface area (Å²) in [7, 11) is 0. The summed E-state index contributed by atoms with van der Waals surface area (Å²) in [5, 5.41) is 19.5. The molecular weight excluding hydrogens is 216 g/mol. The molecule has 0 bridgehead atoms. The van der Waals surface area contributed by atoms with E-state index in [-0.39, 0.29) is 5.75 Å². The number of rotatable bonds is 1. The van der Waals surface area contributed by atoms with Gasteiger partial charge in [0, 0.05) is 5.56 Å². The SMILES string of the molecule is CCC1CCc2c(O)c(O)c(=O)cc(C)c2C1. The van der Waals surface area contributed by atoms with E-state index in [1.807, 2.05) is 6.92 Å². The highest BCUT2D eigenvalue weighted by atomic mass is 16.3. The highest BCUT2D eigenvalue weighted by Gasteiger charge is 2.23. The van der Waals surface area contributed by atoms with Gasteiger partial charge in [0.15, 0.2) is 5.75 Å². The topological polar surface area (TPSA) is 57.5 Å².